The molecule has 0 spiro atoms. The van der Waals surface area contributed by atoms with Gasteiger partial charge < -0.3 is 9.47 Å². The minimum absolute atomic E-state index is 0.237. The highest BCUT2D eigenvalue weighted by atomic mass is 79.9. The Hall–Kier alpha value is -1.03. The molecule has 0 saturated heterocycles. The molecule has 1 unspecified atom stereocenters. The normalized spacial score (nSPS) is 12.0. The third kappa shape index (κ3) is 2.98. The van der Waals surface area contributed by atoms with Gasteiger partial charge in [0.15, 0.2) is 0 Å². The van der Waals surface area contributed by atoms with Crippen molar-refractivity contribution in [1.82, 2.24) is 0 Å². The van der Waals surface area contributed by atoms with Crippen molar-refractivity contribution >= 4 is 21.9 Å². The second kappa shape index (κ2) is 5.89. The molecule has 0 aliphatic heterocycles. The molecule has 0 aliphatic rings. The lowest BCUT2D eigenvalue weighted by Gasteiger charge is -2.14. The maximum Gasteiger partial charge on any atom is 0.313 e. The van der Waals surface area contributed by atoms with Crippen molar-refractivity contribution in [2.75, 3.05) is 13.7 Å². The first-order valence-electron chi connectivity index (χ1n) is 5.10. The van der Waals surface area contributed by atoms with Gasteiger partial charge in [0.05, 0.1) is 19.6 Å². The van der Waals surface area contributed by atoms with Crippen molar-refractivity contribution in [3.63, 3.8) is 0 Å². The van der Waals surface area contributed by atoms with Gasteiger partial charge in [-0.25, -0.2) is 0 Å². The van der Waals surface area contributed by atoms with Crippen molar-refractivity contribution in [2.45, 2.75) is 19.8 Å². The van der Waals surface area contributed by atoms with Crippen molar-refractivity contribution in [2.24, 2.45) is 0 Å². The number of carbonyl (C=O) groups excluding carboxylic acids is 1. The molecule has 0 bridgehead atoms. The molecule has 0 aromatic heterocycles. The van der Waals surface area contributed by atoms with E-state index in [1.807, 2.05) is 25.1 Å². The average molecular weight is 287 g/mol. The second-order valence-electron chi connectivity index (χ2n) is 3.36. The standard InChI is InChI=1S/C12H15BrO3/c1-4-16-12(14)8(2)10-7-9(13)5-6-11(10)15-3/h5-8H,4H2,1-3H3. The first-order valence-corrected chi connectivity index (χ1v) is 5.89. The molecule has 0 fully saturated rings. The number of hydrogen-bond acceptors (Lipinski definition) is 3. The molecule has 0 N–H and O–H groups in total. The summed E-state index contributed by atoms with van der Waals surface area (Å²) in [6.07, 6.45) is 0. The molecule has 4 heteroatoms. The first kappa shape index (κ1) is 13.0. The van der Waals surface area contributed by atoms with Gasteiger partial charge in [-0.1, -0.05) is 15.9 Å². The summed E-state index contributed by atoms with van der Waals surface area (Å²) >= 11 is 3.37. The summed E-state index contributed by atoms with van der Waals surface area (Å²) in [7, 11) is 1.59. The lowest BCUT2D eigenvalue weighted by Crippen LogP contribution is -2.13. The van der Waals surface area contributed by atoms with Crippen LogP contribution in [-0.4, -0.2) is 19.7 Å². The fourth-order valence-electron chi connectivity index (χ4n) is 1.44. The quantitative estimate of drug-likeness (QED) is 0.798. The predicted octanol–water partition coefficient (Wildman–Crippen LogP) is 3.12. The zero-order chi connectivity index (χ0) is 12.1. The van der Waals surface area contributed by atoms with E-state index in [4.69, 9.17) is 9.47 Å². The number of carbonyl (C=O) groups is 1. The molecule has 3 nitrogen and oxygen atoms in total. The molecule has 88 valence electrons. The fraction of sp³-hybridized carbons (Fsp3) is 0.417. The number of hydrogen-bond donors (Lipinski definition) is 0. The minimum Gasteiger partial charge on any atom is -0.496 e. The van der Waals surface area contributed by atoms with E-state index in [1.54, 1.807) is 14.0 Å². The van der Waals surface area contributed by atoms with Crippen LogP contribution in [0.25, 0.3) is 0 Å². The maximum absolute atomic E-state index is 11.6. The highest BCUT2D eigenvalue weighted by Gasteiger charge is 2.20. The van der Waals surface area contributed by atoms with E-state index in [2.05, 4.69) is 15.9 Å². The Morgan fingerprint density at radius 2 is 2.19 bits per heavy atom. The highest BCUT2D eigenvalue weighted by molar-refractivity contribution is 9.10. The molecule has 1 aromatic rings. The van der Waals surface area contributed by atoms with E-state index in [-0.39, 0.29) is 11.9 Å². The number of halogens is 1. The molecule has 16 heavy (non-hydrogen) atoms. The van der Waals surface area contributed by atoms with Crippen molar-refractivity contribution in [1.29, 1.82) is 0 Å². The zero-order valence-corrected chi connectivity index (χ0v) is 11.2. The van der Waals surface area contributed by atoms with E-state index in [0.29, 0.717) is 12.4 Å². The summed E-state index contributed by atoms with van der Waals surface area (Å²) in [5, 5.41) is 0. The summed E-state index contributed by atoms with van der Waals surface area (Å²) in [5.41, 5.74) is 0.829. The summed E-state index contributed by atoms with van der Waals surface area (Å²) in [6, 6.07) is 5.58. The lowest BCUT2D eigenvalue weighted by atomic mass is 10.0. The SMILES string of the molecule is CCOC(=O)C(C)c1cc(Br)ccc1OC. The number of benzene rings is 1. The Kier molecular flexibility index (Phi) is 4.80. The van der Waals surface area contributed by atoms with Gasteiger partial charge in [0, 0.05) is 10.0 Å². The van der Waals surface area contributed by atoms with E-state index in [0.717, 1.165) is 10.0 Å². The van der Waals surface area contributed by atoms with Crippen LogP contribution in [0.4, 0.5) is 0 Å². The molecular formula is C12H15BrO3. The number of rotatable bonds is 4. The van der Waals surface area contributed by atoms with Gasteiger partial charge >= 0.3 is 5.97 Å². The van der Waals surface area contributed by atoms with Gasteiger partial charge in [-0.2, -0.15) is 0 Å². The van der Waals surface area contributed by atoms with Crippen LogP contribution in [0.1, 0.15) is 25.3 Å². The molecule has 0 aliphatic carbocycles. The Morgan fingerprint density at radius 3 is 2.75 bits per heavy atom. The highest BCUT2D eigenvalue weighted by Crippen LogP contribution is 2.30. The number of methoxy groups -OCH3 is 1. The molecule has 0 saturated carbocycles. The summed E-state index contributed by atoms with van der Waals surface area (Å²) in [5.74, 6) is 0.134. The molecule has 1 atom stereocenters. The van der Waals surface area contributed by atoms with Crippen LogP contribution in [-0.2, 0) is 9.53 Å². The van der Waals surface area contributed by atoms with E-state index >= 15 is 0 Å². The molecule has 0 heterocycles. The van der Waals surface area contributed by atoms with Crippen LogP contribution in [0.15, 0.2) is 22.7 Å². The number of esters is 1. The Balaban J connectivity index is 3.01. The van der Waals surface area contributed by atoms with Crippen LogP contribution in [0.3, 0.4) is 0 Å². The minimum atomic E-state index is -0.326. The van der Waals surface area contributed by atoms with Crippen molar-refractivity contribution < 1.29 is 14.3 Å². The summed E-state index contributed by atoms with van der Waals surface area (Å²) in [6.45, 7) is 3.99. The van der Waals surface area contributed by atoms with Gasteiger partial charge in [0.2, 0.25) is 0 Å². The predicted molar refractivity (Wildman–Crippen MR) is 65.7 cm³/mol. The smallest absolute Gasteiger partial charge is 0.313 e. The largest absolute Gasteiger partial charge is 0.496 e. The second-order valence-corrected chi connectivity index (χ2v) is 4.28. The van der Waals surface area contributed by atoms with Crippen molar-refractivity contribution in [3.8, 4) is 5.75 Å². The third-order valence-electron chi connectivity index (χ3n) is 2.30. The Bertz CT molecular complexity index is 377. The van der Waals surface area contributed by atoms with Gasteiger partial charge in [-0.05, 0) is 32.0 Å². The van der Waals surface area contributed by atoms with Crippen LogP contribution in [0, 0.1) is 0 Å². The maximum atomic E-state index is 11.6. The van der Waals surface area contributed by atoms with Crippen molar-refractivity contribution in [3.05, 3.63) is 28.2 Å². The van der Waals surface area contributed by atoms with Gasteiger partial charge in [0.25, 0.3) is 0 Å². The summed E-state index contributed by atoms with van der Waals surface area (Å²) in [4.78, 5) is 11.6. The van der Waals surface area contributed by atoms with Gasteiger partial charge in [0.1, 0.15) is 5.75 Å². The topological polar surface area (TPSA) is 35.5 Å². The van der Waals surface area contributed by atoms with E-state index in [9.17, 15) is 4.79 Å². The average Bonchev–Trinajstić information content (AvgIpc) is 2.28. The van der Waals surface area contributed by atoms with E-state index in [1.165, 1.54) is 0 Å². The van der Waals surface area contributed by atoms with Gasteiger partial charge in [-0.3, -0.25) is 4.79 Å². The summed E-state index contributed by atoms with van der Waals surface area (Å²) < 4.78 is 11.1. The molecule has 1 aromatic carbocycles. The molecule has 1 rings (SSSR count). The first-order chi connectivity index (χ1) is 7.60. The Morgan fingerprint density at radius 1 is 1.50 bits per heavy atom. The van der Waals surface area contributed by atoms with Crippen LogP contribution < -0.4 is 4.74 Å². The molecular weight excluding hydrogens is 272 g/mol. The lowest BCUT2D eigenvalue weighted by molar-refractivity contribution is -0.144. The number of ether oxygens (including phenoxy) is 2. The Labute approximate surface area is 104 Å². The van der Waals surface area contributed by atoms with Crippen LogP contribution >= 0.6 is 15.9 Å². The zero-order valence-electron chi connectivity index (χ0n) is 9.62. The van der Waals surface area contributed by atoms with Crippen LogP contribution in [0.2, 0.25) is 0 Å². The van der Waals surface area contributed by atoms with E-state index < -0.39 is 0 Å². The molecule has 0 amide bonds. The third-order valence-corrected chi connectivity index (χ3v) is 2.79. The van der Waals surface area contributed by atoms with Gasteiger partial charge in [-0.15, -0.1) is 0 Å². The van der Waals surface area contributed by atoms with Crippen LogP contribution in [0.5, 0.6) is 5.75 Å². The monoisotopic (exact) mass is 286 g/mol. The molecule has 0 radical (unpaired) electrons. The fourth-order valence-corrected chi connectivity index (χ4v) is 1.82.